The first kappa shape index (κ1) is 15.6. The molecule has 0 radical (unpaired) electrons. The molecular weight excluding hydrogens is 295 g/mol. The molecule has 3 nitrogen and oxygen atoms in total. The van der Waals surface area contributed by atoms with Crippen LogP contribution in [0.4, 0.5) is 0 Å². The van der Waals surface area contributed by atoms with Gasteiger partial charge < -0.3 is 10.6 Å². The van der Waals surface area contributed by atoms with E-state index in [1.165, 1.54) is 0 Å². The molecule has 5 heteroatoms. The molecule has 0 bridgehead atoms. The highest BCUT2D eigenvalue weighted by Crippen LogP contribution is 2.24. The zero-order chi connectivity index (χ0) is 14.7. The van der Waals surface area contributed by atoms with E-state index in [1.807, 2.05) is 17.9 Å². The standard InChI is InChI=1S/C15H20Cl2N2O/c1-10(18)14-4-2-3-7-19(14)15(20)8-11-5-6-12(16)9-13(11)17/h5-6,9-10,14H,2-4,7-8,18H2,1H3. The summed E-state index contributed by atoms with van der Waals surface area (Å²) in [5.74, 6) is 0.0937. The van der Waals surface area contributed by atoms with Crippen molar-refractivity contribution in [3.8, 4) is 0 Å². The van der Waals surface area contributed by atoms with E-state index in [4.69, 9.17) is 28.9 Å². The lowest BCUT2D eigenvalue weighted by Crippen LogP contribution is -2.52. The van der Waals surface area contributed by atoms with Crippen LogP contribution in [0.1, 0.15) is 31.7 Å². The SMILES string of the molecule is CC(N)C1CCCCN1C(=O)Cc1ccc(Cl)cc1Cl. The van der Waals surface area contributed by atoms with Crippen molar-refractivity contribution in [2.45, 2.75) is 44.7 Å². The highest BCUT2D eigenvalue weighted by atomic mass is 35.5. The number of piperidine rings is 1. The fourth-order valence-electron chi connectivity index (χ4n) is 2.74. The fourth-order valence-corrected chi connectivity index (χ4v) is 3.22. The highest BCUT2D eigenvalue weighted by molar-refractivity contribution is 6.35. The molecule has 1 aliphatic rings. The number of carbonyl (C=O) groups excluding carboxylic acids is 1. The van der Waals surface area contributed by atoms with Gasteiger partial charge in [-0.3, -0.25) is 4.79 Å². The molecule has 1 aromatic carbocycles. The average Bonchev–Trinajstić information content (AvgIpc) is 2.41. The first-order chi connectivity index (χ1) is 9.49. The summed E-state index contributed by atoms with van der Waals surface area (Å²) >= 11 is 12.0. The predicted octanol–water partition coefficient (Wildman–Crippen LogP) is 3.26. The van der Waals surface area contributed by atoms with Crippen molar-refractivity contribution in [2.24, 2.45) is 5.73 Å². The van der Waals surface area contributed by atoms with Gasteiger partial charge >= 0.3 is 0 Å². The van der Waals surface area contributed by atoms with Gasteiger partial charge in [-0.25, -0.2) is 0 Å². The Hall–Kier alpha value is -0.770. The van der Waals surface area contributed by atoms with Crippen LogP contribution in [0.2, 0.25) is 10.0 Å². The van der Waals surface area contributed by atoms with Crippen LogP contribution in [0.5, 0.6) is 0 Å². The number of benzene rings is 1. The van der Waals surface area contributed by atoms with Gasteiger partial charge in [-0.05, 0) is 43.9 Å². The largest absolute Gasteiger partial charge is 0.338 e. The summed E-state index contributed by atoms with van der Waals surface area (Å²) < 4.78 is 0. The number of likely N-dealkylation sites (tertiary alicyclic amines) is 1. The number of halogens is 2. The van der Waals surface area contributed by atoms with Crippen molar-refractivity contribution in [1.29, 1.82) is 0 Å². The normalized spacial score (nSPS) is 20.8. The Morgan fingerprint density at radius 3 is 2.85 bits per heavy atom. The van der Waals surface area contributed by atoms with Gasteiger partial charge in [-0.15, -0.1) is 0 Å². The number of rotatable bonds is 3. The molecule has 2 atom stereocenters. The lowest BCUT2D eigenvalue weighted by molar-refractivity contribution is -0.134. The Kier molecular flexibility index (Phi) is 5.30. The molecule has 110 valence electrons. The van der Waals surface area contributed by atoms with Crippen molar-refractivity contribution < 1.29 is 4.79 Å². The molecule has 2 rings (SSSR count). The van der Waals surface area contributed by atoms with Crippen molar-refractivity contribution >= 4 is 29.1 Å². The predicted molar refractivity (Wildman–Crippen MR) is 83.2 cm³/mol. The van der Waals surface area contributed by atoms with Crippen LogP contribution in [-0.4, -0.2) is 29.4 Å². The van der Waals surface area contributed by atoms with Crippen LogP contribution in [0.3, 0.4) is 0 Å². The molecule has 0 spiro atoms. The van der Waals surface area contributed by atoms with Gasteiger partial charge in [0, 0.05) is 28.7 Å². The molecule has 1 saturated heterocycles. The van der Waals surface area contributed by atoms with Crippen molar-refractivity contribution in [1.82, 2.24) is 4.90 Å². The molecule has 20 heavy (non-hydrogen) atoms. The van der Waals surface area contributed by atoms with E-state index >= 15 is 0 Å². The third-order valence-corrected chi connectivity index (χ3v) is 4.42. The molecule has 0 saturated carbocycles. The topological polar surface area (TPSA) is 46.3 Å². The van der Waals surface area contributed by atoms with Gasteiger partial charge in [0.05, 0.1) is 6.42 Å². The van der Waals surface area contributed by atoms with E-state index in [1.54, 1.807) is 12.1 Å². The number of hydrogen-bond acceptors (Lipinski definition) is 2. The first-order valence-electron chi connectivity index (χ1n) is 6.98. The van der Waals surface area contributed by atoms with E-state index in [-0.39, 0.29) is 18.0 Å². The van der Waals surface area contributed by atoms with Crippen molar-refractivity contribution in [2.75, 3.05) is 6.54 Å². The zero-order valence-electron chi connectivity index (χ0n) is 11.6. The molecule has 0 aromatic heterocycles. The molecule has 1 amide bonds. The summed E-state index contributed by atoms with van der Waals surface area (Å²) in [6, 6.07) is 5.38. The van der Waals surface area contributed by atoms with Gasteiger partial charge in [0.15, 0.2) is 0 Å². The van der Waals surface area contributed by atoms with Crippen LogP contribution >= 0.6 is 23.2 Å². The number of nitrogens with zero attached hydrogens (tertiary/aromatic N) is 1. The van der Waals surface area contributed by atoms with E-state index < -0.39 is 0 Å². The van der Waals surface area contributed by atoms with Gasteiger partial charge in [-0.2, -0.15) is 0 Å². The maximum absolute atomic E-state index is 12.5. The van der Waals surface area contributed by atoms with Crippen LogP contribution in [0.25, 0.3) is 0 Å². The minimum atomic E-state index is -0.0000558. The maximum atomic E-state index is 12.5. The molecule has 0 aliphatic carbocycles. The van der Waals surface area contributed by atoms with Crippen LogP contribution in [-0.2, 0) is 11.2 Å². The molecular formula is C15H20Cl2N2O. The monoisotopic (exact) mass is 314 g/mol. The van der Waals surface area contributed by atoms with Gasteiger partial charge in [0.1, 0.15) is 0 Å². The lowest BCUT2D eigenvalue weighted by atomic mass is 9.96. The van der Waals surface area contributed by atoms with Crippen molar-refractivity contribution in [3.05, 3.63) is 33.8 Å². The minimum Gasteiger partial charge on any atom is -0.338 e. The number of amides is 1. The van der Waals surface area contributed by atoms with Gasteiger partial charge in [0.2, 0.25) is 5.91 Å². The van der Waals surface area contributed by atoms with Gasteiger partial charge in [0.25, 0.3) is 0 Å². The Bertz CT molecular complexity index is 491. The summed E-state index contributed by atoms with van der Waals surface area (Å²) in [5.41, 5.74) is 6.82. The third-order valence-electron chi connectivity index (χ3n) is 3.83. The molecule has 1 heterocycles. The second kappa shape index (κ2) is 6.79. The lowest BCUT2D eigenvalue weighted by Gasteiger charge is -2.38. The van der Waals surface area contributed by atoms with Crippen LogP contribution in [0.15, 0.2) is 18.2 Å². The average molecular weight is 315 g/mol. The summed E-state index contributed by atoms with van der Waals surface area (Å²) in [6.07, 6.45) is 3.47. The van der Waals surface area contributed by atoms with Gasteiger partial charge in [-0.1, -0.05) is 29.3 Å². The summed E-state index contributed by atoms with van der Waals surface area (Å²) in [5, 5.41) is 1.12. The smallest absolute Gasteiger partial charge is 0.227 e. The maximum Gasteiger partial charge on any atom is 0.227 e. The van der Waals surface area contributed by atoms with Crippen molar-refractivity contribution in [3.63, 3.8) is 0 Å². The Labute approximate surface area is 130 Å². The molecule has 1 aliphatic heterocycles. The Morgan fingerprint density at radius 2 is 2.20 bits per heavy atom. The van der Waals surface area contributed by atoms with Crippen LogP contribution in [0, 0.1) is 0 Å². The number of nitrogens with two attached hydrogens (primary N) is 1. The Morgan fingerprint density at radius 1 is 1.45 bits per heavy atom. The van der Waals surface area contributed by atoms with E-state index in [0.717, 1.165) is 31.4 Å². The molecule has 2 unspecified atom stereocenters. The second-order valence-corrected chi connectivity index (χ2v) is 6.27. The minimum absolute atomic E-state index is 0.0000558. The molecule has 1 fully saturated rings. The van der Waals surface area contributed by atoms with E-state index in [2.05, 4.69) is 0 Å². The summed E-state index contributed by atoms with van der Waals surface area (Å²) in [6.45, 7) is 2.75. The molecule has 1 aromatic rings. The van der Waals surface area contributed by atoms with E-state index in [0.29, 0.717) is 16.5 Å². The number of carbonyl (C=O) groups is 1. The summed E-state index contributed by atoms with van der Waals surface area (Å²) in [7, 11) is 0. The second-order valence-electron chi connectivity index (χ2n) is 5.42. The zero-order valence-corrected chi connectivity index (χ0v) is 13.1. The third kappa shape index (κ3) is 3.66. The quantitative estimate of drug-likeness (QED) is 0.930. The number of hydrogen-bond donors (Lipinski definition) is 1. The molecule has 2 N–H and O–H groups in total. The first-order valence-corrected chi connectivity index (χ1v) is 7.73. The highest BCUT2D eigenvalue weighted by Gasteiger charge is 2.29. The van der Waals surface area contributed by atoms with Crippen LogP contribution < -0.4 is 5.73 Å². The van der Waals surface area contributed by atoms with E-state index in [9.17, 15) is 4.79 Å². The fraction of sp³-hybridized carbons (Fsp3) is 0.533. The summed E-state index contributed by atoms with van der Waals surface area (Å²) in [4.78, 5) is 14.4. The Balaban J connectivity index is 2.10.